The van der Waals surface area contributed by atoms with Gasteiger partial charge in [0.05, 0.1) is 29.2 Å². The lowest BCUT2D eigenvalue weighted by Gasteiger charge is -2.29. The number of fused-ring (bicyclic) bond motifs is 1. The maximum Gasteiger partial charge on any atom is 0.315 e. The van der Waals surface area contributed by atoms with Crippen LogP contribution in [0, 0.1) is 0 Å². The van der Waals surface area contributed by atoms with Crippen molar-refractivity contribution in [3.05, 3.63) is 30.1 Å². The highest BCUT2D eigenvalue weighted by Gasteiger charge is 2.35. The molecule has 0 radical (unpaired) electrons. The highest BCUT2D eigenvalue weighted by atomic mass is 32.2. The number of carbonyl (C=O) groups excluding carboxylic acids is 1. The maximum atomic E-state index is 12.5. The monoisotopic (exact) mass is 362 g/mol. The SMILES string of the molecule is CSCCC(NC(=O)NC1(CO)CCCC1)c1nc2ccccc2[nH]1. The lowest BCUT2D eigenvalue weighted by Crippen LogP contribution is -2.53. The number of hydrogen-bond acceptors (Lipinski definition) is 4. The third-order valence-electron chi connectivity index (χ3n) is 4.90. The van der Waals surface area contributed by atoms with Crippen molar-refractivity contribution in [2.24, 2.45) is 0 Å². The highest BCUT2D eigenvalue weighted by molar-refractivity contribution is 7.98. The van der Waals surface area contributed by atoms with E-state index in [0.717, 1.165) is 54.7 Å². The zero-order valence-corrected chi connectivity index (χ0v) is 15.4. The van der Waals surface area contributed by atoms with Crippen molar-refractivity contribution in [3.63, 3.8) is 0 Å². The van der Waals surface area contributed by atoms with Gasteiger partial charge in [-0.2, -0.15) is 11.8 Å². The molecule has 0 aliphatic heterocycles. The van der Waals surface area contributed by atoms with Crippen LogP contribution >= 0.6 is 11.8 Å². The van der Waals surface area contributed by atoms with Crippen molar-refractivity contribution < 1.29 is 9.90 Å². The first-order valence-corrected chi connectivity index (χ1v) is 10.2. The number of para-hydroxylation sites is 2. The molecule has 1 saturated carbocycles. The third kappa shape index (κ3) is 4.27. The molecule has 1 aromatic carbocycles. The number of H-pyrrole nitrogens is 1. The second-order valence-electron chi connectivity index (χ2n) is 6.72. The van der Waals surface area contributed by atoms with Crippen LogP contribution in [-0.2, 0) is 0 Å². The second-order valence-corrected chi connectivity index (χ2v) is 7.70. The Kier molecular flexibility index (Phi) is 5.86. The Balaban J connectivity index is 1.72. The second kappa shape index (κ2) is 8.10. The standard InChI is InChI=1S/C18H26N4O2S/c1-25-11-8-15(16-19-13-6-2-3-7-14(13)20-16)21-17(24)22-18(12-23)9-4-5-10-18/h2-3,6-7,15,23H,4-5,8-12H2,1H3,(H,19,20)(H2,21,22,24). The van der Waals surface area contributed by atoms with E-state index in [4.69, 9.17) is 0 Å². The third-order valence-corrected chi connectivity index (χ3v) is 5.54. The average molecular weight is 362 g/mol. The van der Waals surface area contributed by atoms with Gasteiger partial charge in [-0.3, -0.25) is 0 Å². The minimum atomic E-state index is -0.470. The van der Waals surface area contributed by atoms with Crippen LogP contribution in [0.3, 0.4) is 0 Å². The Morgan fingerprint density at radius 2 is 2.16 bits per heavy atom. The van der Waals surface area contributed by atoms with E-state index in [1.54, 1.807) is 11.8 Å². The molecule has 6 nitrogen and oxygen atoms in total. The first-order chi connectivity index (χ1) is 12.2. The van der Waals surface area contributed by atoms with Gasteiger partial charge < -0.3 is 20.7 Å². The van der Waals surface area contributed by atoms with Gasteiger partial charge in [0.1, 0.15) is 5.82 Å². The van der Waals surface area contributed by atoms with Gasteiger partial charge in [-0.1, -0.05) is 25.0 Å². The van der Waals surface area contributed by atoms with Crippen LogP contribution in [0.2, 0.25) is 0 Å². The molecule has 25 heavy (non-hydrogen) atoms. The molecular weight excluding hydrogens is 336 g/mol. The zero-order chi connectivity index (χ0) is 17.7. The fraction of sp³-hybridized carbons (Fsp3) is 0.556. The minimum Gasteiger partial charge on any atom is -0.394 e. The summed E-state index contributed by atoms with van der Waals surface area (Å²) in [6, 6.07) is 7.44. The van der Waals surface area contributed by atoms with Crippen LogP contribution in [0.25, 0.3) is 11.0 Å². The number of nitrogens with zero attached hydrogens (tertiary/aromatic N) is 1. The fourth-order valence-corrected chi connectivity index (χ4v) is 3.93. The van der Waals surface area contributed by atoms with Gasteiger partial charge in [-0.05, 0) is 43.4 Å². The van der Waals surface area contributed by atoms with E-state index in [0.29, 0.717) is 0 Å². The van der Waals surface area contributed by atoms with E-state index in [-0.39, 0.29) is 18.7 Å². The molecule has 0 bridgehead atoms. The highest BCUT2D eigenvalue weighted by Crippen LogP contribution is 2.29. The molecule has 1 unspecified atom stereocenters. The number of aliphatic hydroxyl groups is 1. The molecule has 2 amide bonds. The number of rotatable bonds is 7. The molecule has 0 saturated heterocycles. The largest absolute Gasteiger partial charge is 0.394 e. The molecule has 0 spiro atoms. The van der Waals surface area contributed by atoms with Crippen LogP contribution in [-0.4, -0.2) is 45.3 Å². The summed E-state index contributed by atoms with van der Waals surface area (Å²) in [5.41, 5.74) is 1.40. The lowest BCUT2D eigenvalue weighted by molar-refractivity contribution is 0.161. The molecule has 1 aliphatic rings. The van der Waals surface area contributed by atoms with E-state index < -0.39 is 5.54 Å². The molecule has 1 aromatic heterocycles. The summed E-state index contributed by atoms with van der Waals surface area (Å²) in [5.74, 6) is 1.70. The summed E-state index contributed by atoms with van der Waals surface area (Å²) < 4.78 is 0. The number of urea groups is 1. The van der Waals surface area contributed by atoms with Crippen molar-refractivity contribution >= 4 is 28.8 Å². The minimum absolute atomic E-state index is 0.0134. The molecular formula is C18H26N4O2S. The molecule has 1 fully saturated rings. The van der Waals surface area contributed by atoms with Gasteiger partial charge in [0.25, 0.3) is 0 Å². The number of aromatic amines is 1. The number of imidazole rings is 1. The molecule has 7 heteroatoms. The molecule has 4 N–H and O–H groups in total. The fourth-order valence-electron chi connectivity index (χ4n) is 3.46. The molecule has 1 aliphatic carbocycles. The van der Waals surface area contributed by atoms with Gasteiger partial charge in [0, 0.05) is 0 Å². The van der Waals surface area contributed by atoms with Gasteiger partial charge in [-0.25, -0.2) is 9.78 Å². The predicted molar refractivity (Wildman–Crippen MR) is 102 cm³/mol. The topological polar surface area (TPSA) is 90.0 Å². The van der Waals surface area contributed by atoms with E-state index >= 15 is 0 Å². The number of thioether (sulfide) groups is 1. The number of aliphatic hydroxyl groups excluding tert-OH is 1. The normalized spacial score (nSPS) is 17.5. The van der Waals surface area contributed by atoms with Gasteiger partial charge >= 0.3 is 6.03 Å². The first kappa shape index (κ1) is 18.1. The summed E-state index contributed by atoms with van der Waals surface area (Å²) in [5, 5.41) is 15.7. The Morgan fingerprint density at radius 1 is 1.40 bits per heavy atom. The van der Waals surface area contributed by atoms with Crippen molar-refractivity contribution in [1.29, 1.82) is 0 Å². The van der Waals surface area contributed by atoms with Gasteiger partial charge in [0.2, 0.25) is 0 Å². The number of amides is 2. The van der Waals surface area contributed by atoms with Crippen LogP contribution < -0.4 is 10.6 Å². The molecule has 3 rings (SSSR count). The van der Waals surface area contributed by atoms with Gasteiger partial charge in [0.15, 0.2) is 0 Å². The molecule has 2 aromatic rings. The van der Waals surface area contributed by atoms with Crippen LogP contribution in [0.5, 0.6) is 0 Å². The smallest absolute Gasteiger partial charge is 0.315 e. The van der Waals surface area contributed by atoms with Crippen LogP contribution in [0.4, 0.5) is 4.79 Å². The Bertz CT molecular complexity index is 679. The van der Waals surface area contributed by atoms with E-state index in [1.165, 1.54) is 0 Å². The maximum absolute atomic E-state index is 12.5. The number of carbonyl (C=O) groups is 1. The summed E-state index contributed by atoms with van der Waals surface area (Å²) in [7, 11) is 0. The zero-order valence-electron chi connectivity index (χ0n) is 14.5. The van der Waals surface area contributed by atoms with Crippen molar-refractivity contribution in [2.75, 3.05) is 18.6 Å². The molecule has 1 heterocycles. The summed E-state index contributed by atoms with van der Waals surface area (Å²) in [6.07, 6.45) is 6.59. The van der Waals surface area contributed by atoms with Crippen molar-refractivity contribution in [2.45, 2.75) is 43.7 Å². The van der Waals surface area contributed by atoms with Crippen molar-refractivity contribution in [3.8, 4) is 0 Å². The Morgan fingerprint density at radius 3 is 2.84 bits per heavy atom. The Labute approximate surface area is 152 Å². The van der Waals surface area contributed by atoms with Crippen LogP contribution in [0.1, 0.15) is 44.0 Å². The Hall–Kier alpha value is -1.73. The van der Waals surface area contributed by atoms with E-state index in [1.807, 2.05) is 24.3 Å². The van der Waals surface area contributed by atoms with Crippen LogP contribution in [0.15, 0.2) is 24.3 Å². The molecule has 136 valence electrons. The van der Waals surface area contributed by atoms with Crippen molar-refractivity contribution in [1.82, 2.24) is 20.6 Å². The summed E-state index contributed by atoms with van der Waals surface area (Å²) >= 11 is 1.74. The quantitative estimate of drug-likeness (QED) is 0.609. The van der Waals surface area contributed by atoms with E-state index in [9.17, 15) is 9.90 Å². The summed E-state index contributed by atoms with van der Waals surface area (Å²) in [4.78, 5) is 20.5. The number of nitrogens with one attached hydrogen (secondary N) is 3. The molecule has 1 atom stereocenters. The number of aromatic nitrogens is 2. The average Bonchev–Trinajstić information content (AvgIpc) is 3.25. The number of benzene rings is 1. The lowest BCUT2D eigenvalue weighted by atomic mass is 9.99. The van der Waals surface area contributed by atoms with Gasteiger partial charge in [-0.15, -0.1) is 0 Å². The predicted octanol–water partition coefficient (Wildman–Crippen LogP) is 2.96. The number of hydrogen-bond donors (Lipinski definition) is 4. The summed E-state index contributed by atoms with van der Waals surface area (Å²) in [6.45, 7) is -0.0134. The van der Waals surface area contributed by atoms with E-state index in [2.05, 4.69) is 26.9 Å². The first-order valence-electron chi connectivity index (χ1n) is 8.79.